The van der Waals surface area contributed by atoms with E-state index in [-0.39, 0.29) is 27.3 Å². The molecule has 8 nitrogen and oxygen atoms in total. The van der Waals surface area contributed by atoms with Crippen molar-refractivity contribution in [3.05, 3.63) is 0 Å². The monoisotopic (exact) mass is 400 g/mol. The van der Waals surface area contributed by atoms with E-state index in [2.05, 4.69) is 0 Å². The van der Waals surface area contributed by atoms with Gasteiger partial charge in [-0.05, 0) is 0 Å². The van der Waals surface area contributed by atoms with E-state index in [9.17, 15) is 0 Å². The third-order valence-electron chi connectivity index (χ3n) is 0. The van der Waals surface area contributed by atoms with Crippen LogP contribution in [0.3, 0.4) is 0 Å². The van der Waals surface area contributed by atoms with Gasteiger partial charge in [-0.2, -0.15) is 0 Å². The van der Waals surface area contributed by atoms with Crippen molar-refractivity contribution < 1.29 is 35.0 Å². The van der Waals surface area contributed by atoms with Crippen molar-refractivity contribution in [1.29, 1.82) is 0 Å². The van der Waals surface area contributed by atoms with Crippen LogP contribution in [-0.2, 0) is 20.8 Å². The van der Waals surface area contributed by atoms with Crippen molar-refractivity contribution in [2.75, 3.05) is 0 Å². The Morgan fingerprint density at radius 2 is 0.636 bits per heavy atom. The molecular formula is O8PbS2-4. The SMILES string of the molecule is O=S(=O)([O-])[O-].O=S(=O)([O-])[O-].[Pb]. The standard InChI is InChI=1S/2H2O4S.Pb/c2*1-5(2,3)4;/h2*(H2,1,2,3,4);/p-4. The maximum Gasteiger partial charge on any atom is 0.0311 e. The van der Waals surface area contributed by atoms with Crippen LogP contribution in [0.1, 0.15) is 0 Å². The van der Waals surface area contributed by atoms with Crippen LogP contribution >= 0.6 is 0 Å². The predicted molar refractivity (Wildman–Crippen MR) is 26.7 cm³/mol. The summed E-state index contributed by atoms with van der Waals surface area (Å²) in [6, 6.07) is 0. The fraction of sp³-hybridized carbons (Fsp3) is 0. The molecule has 11 heteroatoms. The van der Waals surface area contributed by atoms with Crippen LogP contribution in [0.25, 0.3) is 0 Å². The van der Waals surface area contributed by atoms with Crippen LogP contribution in [0.2, 0.25) is 0 Å². The Morgan fingerprint density at radius 1 is 0.636 bits per heavy atom. The zero-order valence-electron chi connectivity index (χ0n) is 4.58. The van der Waals surface area contributed by atoms with E-state index in [0.29, 0.717) is 0 Å². The van der Waals surface area contributed by atoms with Crippen LogP contribution in [0, 0.1) is 0 Å². The summed E-state index contributed by atoms with van der Waals surface area (Å²) in [4.78, 5) is 0. The Morgan fingerprint density at radius 3 is 0.636 bits per heavy atom. The van der Waals surface area contributed by atoms with Crippen molar-refractivity contribution in [3.63, 3.8) is 0 Å². The van der Waals surface area contributed by atoms with E-state index in [1.54, 1.807) is 0 Å². The van der Waals surface area contributed by atoms with E-state index in [0.717, 1.165) is 0 Å². The van der Waals surface area contributed by atoms with Gasteiger partial charge < -0.3 is 18.2 Å². The van der Waals surface area contributed by atoms with Gasteiger partial charge in [-0.15, -0.1) is 0 Å². The molecule has 0 rings (SSSR count). The third-order valence-corrected chi connectivity index (χ3v) is 0. The first-order chi connectivity index (χ1) is 4.00. The Kier molecular flexibility index (Phi) is 9.97. The molecule has 11 heavy (non-hydrogen) atoms. The zero-order chi connectivity index (χ0) is 9.00. The second-order valence-corrected chi connectivity index (χ2v) is 2.45. The van der Waals surface area contributed by atoms with Gasteiger partial charge in [0.05, 0.1) is 0 Å². The molecule has 0 heterocycles. The summed E-state index contributed by atoms with van der Waals surface area (Å²) in [6.45, 7) is 0. The summed E-state index contributed by atoms with van der Waals surface area (Å²) in [6.07, 6.45) is 0. The molecule has 0 saturated heterocycles. The smallest absolute Gasteiger partial charge is 0.0311 e. The molecule has 0 amide bonds. The minimum absolute atomic E-state index is 0. The Hall–Kier alpha value is 0.662. The van der Waals surface area contributed by atoms with Crippen LogP contribution in [-0.4, -0.2) is 62.3 Å². The van der Waals surface area contributed by atoms with Gasteiger partial charge in [0.15, 0.2) is 0 Å². The summed E-state index contributed by atoms with van der Waals surface area (Å²) < 4.78 is 68.2. The molecule has 0 aromatic heterocycles. The molecule has 0 N–H and O–H groups in total. The van der Waals surface area contributed by atoms with Crippen LogP contribution in [0.4, 0.5) is 0 Å². The van der Waals surface area contributed by atoms with Gasteiger partial charge in [0, 0.05) is 48.1 Å². The second kappa shape index (κ2) is 6.21. The number of rotatable bonds is 0. The molecule has 0 atom stereocenters. The Balaban J connectivity index is -0.000000107. The number of hydrogen-bond acceptors (Lipinski definition) is 8. The van der Waals surface area contributed by atoms with Gasteiger partial charge in [-0.3, -0.25) is 16.8 Å². The number of hydrogen-bond donors (Lipinski definition) is 0. The first kappa shape index (κ1) is 17.7. The molecule has 0 bridgehead atoms. The van der Waals surface area contributed by atoms with Gasteiger partial charge in [0.25, 0.3) is 0 Å². The molecule has 0 aromatic carbocycles. The van der Waals surface area contributed by atoms with Crippen molar-refractivity contribution in [1.82, 2.24) is 0 Å². The van der Waals surface area contributed by atoms with Gasteiger partial charge >= 0.3 is 0 Å². The average Bonchev–Trinajstić information content (AvgIpc) is 1.12. The summed E-state index contributed by atoms with van der Waals surface area (Å²) in [7, 11) is -10.3. The normalized spacial score (nSPS) is 10.5. The quantitative estimate of drug-likeness (QED) is 0.236. The molecule has 0 fully saturated rings. The molecule has 0 aliphatic carbocycles. The third kappa shape index (κ3) is 1830. The first-order valence-electron chi connectivity index (χ1n) is 1.33. The van der Waals surface area contributed by atoms with Crippen LogP contribution in [0.5, 0.6) is 0 Å². The van der Waals surface area contributed by atoms with E-state index in [4.69, 9.17) is 35.0 Å². The van der Waals surface area contributed by atoms with E-state index >= 15 is 0 Å². The molecular weight excluding hydrogens is 399 g/mol. The van der Waals surface area contributed by atoms with Crippen LogP contribution < -0.4 is 0 Å². The summed E-state index contributed by atoms with van der Waals surface area (Å²) in [5.74, 6) is 0. The average molecular weight is 399 g/mol. The maximum atomic E-state index is 8.52. The fourth-order valence-corrected chi connectivity index (χ4v) is 0. The fourth-order valence-electron chi connectivity index (χ4n) is 0. The molecule has 68 valence electrons. The molecule has 4 radical (unpaired) electrons. The largest absolute Gasteiger partial charge is 0.759 e. The van der Waals surface area contributed by atoms with Crippen molar-refractivity contribution >= 4 is 48.1 Å². The molecule has 0 aliphatic heterocycles. The van der Waals surface area contributed by atoms with E-state index in [1.165, 1.54) is 0 Å². The summed E-state index contributed by atoms with van der Waals surface area (Å²) in [5.41, 5.74) is 0. The zero-order valence-corrected chi connectivity index (χ0v) is 10.1. The Labute approximate surface area is 82.9 Å². The molecule has 0 aromatic rings. The van der Waals surface area contributed by atoms with Crippen molar-refractivity contribution in [2.45, 2.75) is 0 Å². The van der Waals surface area contributed by atoms with Crippen molar-refractivity contribution in [2.24, 2.45) is 0 Å². The molecule has 0 aliphatic rings. The minimum Gasteiger partial charge on any atom is -0.759 e. The van der Waals surface area contributed by atoms with Crippen molar-refractivity contribution in [3.8, 4) is 0 Å². The van der Waals surface area contributed by atoms with Gasteiger partial charge in [-0.25, -0.2) is 0 Å². The van der Waals surface area contributed by atoms with Gasteiger partial charge in [-0.1, -0.05) is 0 Å². The van der Waals surface area contributed by atoms with Crippen LogP contribution in [0.15, 0.2) is 0 Å². The molecule has 0 spiro atoms. The van der Waals surface area contributed by atoms with E-state index < -0.39 is 20.8 Å². The minimum atomic E-state index is -5.17. The Bertz CT molecular complexity index is 208. The molecule has 0 unspecified atom stereocenters. The maximum absolute atomic E-state index is 8.52. The van der Waals surface area contributed by atoms with Gasteiger partial charge in [0.1, 0.15) is 0 Å². The predicted octanol–water partition coefficient (Wildman–Crippen LogP) is -3.06. The first-order valence-corrected chi connectivity index (χ1v) is 4.00. The second-order valence-electron chi connectivity index (χ2n) is 0.816. The van der Waals surface area contributed by atoms with E-state index in [1.807, 2.05) is 0 Å². The molecule has 0 saturated carbocycles. The topological polar surface area (TPSA) is 161 Å². The summed E-state index contributed by atoms with van der Waals surface area (Å²) in [5, 5.41) is 0. The van der Waals surface area contributed by atoms with Gasteiger partial charge in [0.2, 0.25) is 0 Å². The summed E-state index contributed by atoms with van der Waals surface area (Å²) >= 11 is 0.